The normalized spacial score (nSPS) is 25.0. The van der Waals surface area contributed by atoms with Gasteiger partial charge in [0.1, 0.15) is 0 Å². The summed E-state index contributed by atoms with van der Waals surface area (Å²) in [5.41, 5.74) is 0. The lowest BCUT2D eigenvalue weighted by Gasteiger charge is -2.35. The molecule has 0 heterocycles. The van der Waals surface area contributed by atoms with E-state index < -0.39 is 0 Å². The quantitative estimate of drug-likeness (QED) is 0.722. The van der Waals surface area contributed by atoms with E-state index in [0.29, 0.717) is 6.04 Å². The molecular weight excluding hydrogens is 224 g/mol. The van der Waals surface area contributed by atoms with Crippen molar-refractivity contribution in [2.24, 2.45) is 0 Å². The largest absolute Gasteiger partial charge is 0.393 e. The average molecular weight is 256 g/mol. The molecule has 1 aliphatic carbocycles. The molecular formula is C15H32N2O. The fraction of sp³-hybridized carbons (Fsp3) is 1.00. The van der Waals surface area contributed by atoms with E-state index in [2.05, 4.69) is 30.6 Å². The Hall–Kier alpha value is -0.120. The summed E-state index contributed by atoms with van der Waals surface area (Å²) in [6.45, 7) is 12.5. The molecule has 0 aromatic carbocycles. The lowest BCUT2D eigenvalue weighted by Crippen LogP contribution is -2.41. The van der Waals surface area contributed by atoms with Crippen molar-refractivity contribution in [3.8, 4) is 0 Å². The molecule has 0 spiro atoms. The van der Waals surface area contributed by atoms with Crippen molar-refractivity contribution in [2.45, 2.75) is 65.0 Å². The third-order valence-electron chi connectivity index (χ3n) is 4.36. The van der Waals surface area contributed by atoms with Crippen LogP contribution in [0.2, 0.25) is 0 Å². The van der Waals surface area contributed by atoms with Crippen LogP contribution < -0.4 is 0 Å². The van der Waals surface area contributed by atoms with E-state index in [4.69, 9.17) is 0 Å². The second kappa shape index (κ2) is 8.89. The SMILES string of the molecule is CCN(CC)CCCN(CC)C1CCCC(O)C1. The summed E-state index contributed by atoms with van der Waals surface area (Å²) in [4.78, 5) is 5.06. The minimum absolute atomic E-state index is 0.0550. The molecule has 18 heavy (non-hydrogen) atoms. The number of nitrogens with zero attached hydrogens (tertiary/aromatic N) is 2. The van der Waals surface area contributed by atoms with Crippen LogP contribution in [-0.2, 0) is 0 Å². The molecule has 0 bridgehead atoms. The number of aliphatic hydroxyl groups is 1. The molecule has 2 atom stereocenters. The number of aliphatic hydroxyl groups excluding tert-OH is 1. The smallest absolute Gasteiger partial charge is 0.0555 e. The number of rotatable bonds is 8. The van der Waals surface area contributed by atoms with Crippen LogP contribution in [0.15, 0.2) is 0 Å². The van der Waals surface area contributed by atoms with E-state index in [1.54, 1.807) is 0 Å². The van der Waals surface area contributed by atoms with Crippen molar-refractivity contribution in [1.82, 2.24) is 9.80 Å². The van der Waals surface area contributed by atoms with E-state index in [9.17, 15) is 5.11 Å². The van der Waals surface area contributed by atoms with Crippen molar-refractivity contribution in [2.75, 3.05) is 32.7 Å². The summed E-state index contributed by atoms with van der Waals surface area (Å²) >= 11 is 0. The Morgan fingerprint density at radius 2 is 1.72 bits per heavy atom. The summed E-state index contributed by atoms with van der Waals surface area (Å²) in [5.74, 6) is 0. The molecule has 2 unspecified atom stereocenters. The molecule has 0 aromatic rings. The monoisotopic (exact) mass is 256 g/mol. The second-order valence-corrected chi connectivity index (χ2v) is 5.48. The Bertz CT molecular complexity index is 207. The van der Waals surface area contributed by atoms with Gasteiger partial charge in [0.25, 0.3) is 0 Å². The van der Waals surface area contributed by atoms with E-state index >= 15 is 0 Å². The van der Waals surface area contributed by atoms with Gasteiger partial charge in [-0.1, -0.05) is 20.8 Å². The van der Waals surface area contributed by atoms with Gasteiger partial charge in [0.05, 0.1) is 6.10 Å². The highest BCUT2D eigenvalue weighted by molar-refractivity contribution is 4.79. The molecule has 0 aromatic heterocycles. The van der Waals surface area contributed by atoms with Gasteiger partial charge in [-0.05, 0) is 64.8 Å². The third-order valence-corrected chi connectivity index (χ3v) is 4.36. The van der Waals surface area contributed by atoms with Gasteiger partial charge < -0.3 is 14.9 Å². The van der Waals surface area contributed by atoms with E-state index in [-0.39, 0.29) is 6.10 Å². The maximum absolute atomic E-state index is 9.78. The maximum Gasteiger partial charge on any atom is 0.0555 e. The van der Waals surface area contributed by atoms with Crippen molar-refractivity contribution >= 4 is 0 Å². The van der Waals surface area contributed by atoms with Gasteiger partial charge in [0, 0.05) is 6.04 Å². The first kappa shape index (κ1) is 15.9. The van der Waals surface area contributed by atoms with Gasteiger partial charge in [-0.15, -0.1) is 0 Å². The van der Waals surface area contributed by atoms with E-state index in [0.717, 1.165) is 32.5 Å². The average Bonchev–Trinajstić information content (AvgIpc) is 2.39. The highest BCUT2D eigenvalue weighted by Crippen LogP contribution is 2.23. The van der Waals surface area contributed by atoms with Crippen molar-refractivity contribution < 1.29 is 5.11 Å². The first-order chi connectivity index (χ1) is 8.71. The summed E-state index contributed by atoms with van der Waals surface area (Å²) in [7, 11) is 0. The van der Waals surface area contributed by atoms with Crippen LogP contribution >= 0.6 is 0 Å². The zero-order valence-corrected chi connectivity index (χ0v) is 12.6. The Morgan fingerprint density at radius 1 is 1.00 bits per heavy atom. The molecule has 3 nitrogen and oxygen atoms in total. The summed E-state index contributed by atoms with van der Waals surface area (Å²) in [5, 5.41) is 9.78. The lowest BCUT2D eigenvalue weighted by molar-refractivity contribution is 0.0622. The third kappa shape index (κ3) is 5.25. The number of hydrogen-bond donors (Lipinski definition) is 1. The Labute approximate surface area is 113 Å². The van der Waals surface area contributed by atoms with E-state index in [1.807, 2.05) is 0 Å². The maximum atomic E-state index is 9.78. The van der Waals surface area contributed by atoms with Gasteiger partial charge in [-0.3, -0.25) is 0 Å². The van der Waals surface area contributed by atoms with Crippen LogP contribution in [0.4, 0.5) is 0 Å². The summed E-state index contributed by atoms with van der Waals surface area (Å²) < 4.78 is 0. The summed E-state index contributed by atoms with van der Waals surface area (Å²) in [6.07, 6.45) is 5.66. The molecule has 0 radical (unpaired) electrons. The van der Waals surface area contributed by atoms with Crippen LogP contribution in [-0.4, -0.2) is 59.8 Å². The molecule has 0 saturated heterocycles. The molecule has 1 aliphatic rings. The fourth-order valence-corrected chi connectivity index (χ4v) is 3.11. The molecule has 0 amide bonds. The predicted molar refractivity (Wildman–Crippen MR) is 77.9 cm³/mol. The zero-order chi connectivity index (χ0) is 13.4. The Morgan fingerprint density at radius 3 is 2.28 bits per heavy atom. The molecule has 108 valence electrons. The van der Waals surface area contributed by atoms with Gasteiger partial charge in [-0.2, -0.15) is 0 Å². The number of hydrogen-bond acceptors (Lipinski definition) is 3. The van der Waals surface area contributed by atoms with Crippen molar-refractivity contribution in [1.29, 1.82) is 0 Å². The van der Waals surface area contributed by atoms with Gasteiger partial charge >= 0.3 is 0 Å². The highest BCUT2D eigenvalue weighted by atomic mass is 16.3. The Kier molecular flexibility index (Phi) is 7.87. The van der Waals surface area contributed by atoms with Crippen molar-refractivity contribution in [3.05, 3.63) is 0 Å². The topological polar surface area (TPSA) is 26.7 Å². The standard InChI is InChI=1S/C15H32N2O/c1-4-16(5-2)11-8-12-17(6-3)14-9-7-10-15(18)13-14/h14-15,18H,4-13H2,1-3H3. The molecule has 1 saturated carbocycles. The van der Waals surface area contributed by atoms with Crippen LogP contribution in [0.1, 0.15) is 52.9 Å². The van der Waals surface area contributed by atoms with Crippen molar-refractivity contribution in [3.63, 3.8) is 0 Å². The first-order valence-corrected chi connectivity index (χ1v) is 7.85. The minimum atomic E-state index is -0.0550. The predicted octanol–water partition coefficient (Wildman–Crippen LogP) is 2.34. The van der Waals surface area contributed by atoms with Crippen LogP contribution in [0.5, 0.6) is 0 Å². The van der Waals surface area contributed by atoms with Gasteiger partial charge in [-0.25, -0.2) is 0 Å². The lowest BCUT2D eigenvalue weighted by atomic mass is 9.92. The minimum Gasteiger partial charge on any atom is -0.393 e. The van der Waals surface area contributed by atoms with Crippen LogP contribution in [0, 0.1) is 0 Å². The van der Waals surface area contributed by atoms with Crippen LogP contribution in [0.25, 0.3) is 0 Å². The van der Waals surface area contributed by atoms with Crippen LogP contribution in [0.3, 0.4) is 0 Å². The first-order valence-electron chi connectivity index (χ1n) is 7.85. The molecule has 3 heteroatoms. The molecule has 1 N–H and O–H groups in total. The Balaban J connectivity index is 2.28. The molecule has 1 fully saturated rings. The molecule has 0 aliphatic heterocycles. The highest BCUT2D eigenvalue weighted by Gasteiger charge is 2.24. The summed E-state index contributed by atoms with van der Waals surface area (Å²) in [6, 6.07) is 0.621. The molecule has 1 rings (SSSR count). The van der Waals surface area contributed by atoms with Gasteiger partial charge in [0.15, 0.2) is 0 Å². The second-order valence-electron chi connectivity index (χ2n) is 5.48. The van der Waals surface area contributed by atoms with Gasteiger partial charge in [0.2, 0.25) is 0 Å². The van der Waals surface area contributed by atoms with E-state index in [1.165, 1.54) is 32.4 Å². The zero-order valence-electron chi connectivity index (χ0n) is 12.6. The fourth-order valence-electron chi connectivity index (χ4n) is 3.11.